The predicted molar refractivity (Wildman–Crippen MR) is 274 cm³/mol. The summed E-state index contributed by atoms with van der Waals surface area (Å²) in [7, 11) is 0. The van der Waals surface area contributed by atoms with Gasteiger partial charge in [0.05, 0.1) is 33.0 Å². The summed E-state index contributed by atoms with van der Waals surface area (Å²) >= 11 is 0. The molecule has 0 saturated carbocycles. The molecule has 0 bridgehead atoms. The minimum atomic E-state index is -4.02. The Kier molecular flexibility index (Phi) is 21.0. The molecule has 394 valence electrons. The molecule has 6 aromatic rings. The highest BCUT2D eigenvalue weighted by Gasteiger charge is 2.58. The number of nitrogens with one attached hydrogen (secondary N) is 3. The molecule has 3 amide bonds. The Bertz CT molecular complexity index is 2660. The number of benzene rings is 6. The van der Waals surface area contributed by atoms with Gasteiger partial charge in [0.1, 0.15) is 55.8 Å². The summed E-state index contributed by atoms with van der Waals surface area (Å²) in [4.78, 5) is 54.1. The summed E-state index contributed by atoms with van der Waals surface area (Å²) in [5, 5.41) is 7.26. The minimum absolute atomic E-state index is 0.0268. The summed E-state index contributed by atoms with van der Waals surface area (Å²) in [6, 6.07) is 49.9. The highest BCUT2D eigenvalue weighted by Crippen LogP contribution is 2.40. The molecule has 1 saturated heterocycles. The van der Waals surface area contributed by atoms with Crippen LogP contribution in [0.4, 0.5) is 13.6 Å². The van der Waals surface area contributed by atoms with Gasteiger partial charge >= 0.3 is 12.1 Å². The SMILES string of the molecule is C[C@H](NC(=O)[C@H](CC(F)(F)[C@@H]1O[C@H](COCc2ccccc2)[C@H](OCc2ccccc2)[C@H](OCc2ccccc2)[C@H]1OCc1ccccc1)NC(=O)OCc1ccccc1)C(=O)N[C@@H](C)C(=O)OCc1ccccc1. The van der Waals surface area contributed by atoms with E-state index in [9.17, 15) is 19.2 Å². The zero-order chi connectivity index (χ0) is 52.8. The monoisotopic (exact) mass is 1030 g/mol. The van der Waals surface area contributed by atoms with Crippen molar-refractivity contribution in [2.75, 3.05) is 6.61 Å². The second-order valence-corrected chi connectivity index (χ2v) is 18.2. The second kappa shape index (κ2) is 28.4. The minimum Gasteiger partial charge on any atom is -0.459 e. The number of alkyl halides is 2. The van der Waals surface area contributed by atoms with Gasteiger partial charge in [0.25, 0.3) is 5.92 Å². The summed E-state index contributed by atoms with van der Waals surface area (Å²) in [5.74, 6) is -6.75. The zero-order valence-electron chi connectivity index (χ0n) is 41.8. The number of carbonyl (C=O) groups is 4. The van der Waals surface area contributed by atoms with E-state index in [0.717, 1.165) is 22.3 Å². The smallest absolute Gasteiger partial charge is 0.408 e. The van der Waals surface area contributed by atoms with Gasteiger partial charge in [-0.05, 0) is 47.2 Å². The molecule has 75 heavy (non-hydrogen) atoms. The average Bonchev–Trinajstić information content (AvgIpc) is 3.43. The van der Waals surface area contributed by atoms with Crippen LogP contribution in [0.5, 0.6) is 0 Å². The first-order valence-corrected chi connectivity index (χ1v) is 24.8. The number of amides is 3. The maximum Gasteiger partial charge on any atom is 0.408 e. The first-order chi connectivity index (χ1) is 36.4. The largest absolute Gasteiger partial charge is 0.459 e. The average molecular weight is 1030 g/mol. The highest BCUT2D eigenvalue weighted by molar-refractivity contribution is 5.92. The van der Waals surface area contributed by atoms with Crippen LogP contribution in [0, 0.1) is 0 Å². The topological polar surface area (TPSA) is 169 Å². The number of esters is 1. The van der Waals surface area contributed by atoms with E-state index in [2.05, 4.69) is 16.0 Å². The molecule has 1 aliphatic rings. The molecular weight excluding hydrogens is 965 g/mol. The lowest BCUT2D eigenvalue weighted by atomic mass is 9.88. The van der Waals surface area contributed by atoms with E-state index in [4.69, 9.17) is 33.2 Å². The number of carbonyl (C=O) groups excluding carboxylic acids is 4. The van der Waals surface area contributed by atoms with Crippen LogP contribution in [-0.2, 0) is 87.2 Å². The van der Waals surface area contributed by atoms with Crippen molar-refractivity contribution < 1.29 is 61.1 Å². The maximum atomic E-state index is 18.0. The van der Waals surface area contributed by atoms with Crippen molar-refractivity contribution in [1.29, 1.82) is 0 Å². The van der Waals surface area contributed by atoms with Crippen molar-refractivity contribution in [3.05, 3.63) is 215 Å². The number of hydrogen-bond donors (Lipinski definition) is 3. The molecular formula is C59H63F2N3O11. The number of hydrogen-bond acceptors (Lipinski definition) is 11. The molecule has 3 N–H and O–H groups in total. The summed E-state index contributed by atoms with van der Waals surface area (Å²) in [6.07, 6.45) is -9.79. The lowest BCUT2D eigenvalue weighted by molar-refractivity contribution is -0.311. The molecule has 6 aromatic carbocycles. The van der Waals surface area contributed by atoms with Crippen LogP contribution in [0.25, 0.3) is 0 Å². The van der Waals surface area contributed by atoms with Gasteiger partial charge in [0, 0.05) is 6.42 Å². The Labute approximate surface area is 436 Å². The number of halogens is 2. The first-order valence-electron chi connectivity index (χ1n) is 24.8. The van der Waals surface area contributed by atoms with E-state index in [1.165, 1.54) is 13.8 Å². The molecule has 8 atom stereocenters. The lowest BCUT2D eigenvalue weighted by Gasteiger charge is -2.48. The zero-order valence-corrected chi connectivity index (χ0v) is 41.8. The normalized spacial score (nSPS) is 18.6. The molecule has 14 nitrogen and oxygen atoms in total. The standard InChI is InChI=1S/C59H63F2N3O11/c1-41(55(65)63-42(2)57(67)73-38-47-29-17-7-18-30-47)62-56(66)49(64-58(68)74-39-48-31-19-8-20-32-48)33-59(60,61)54-53(72-37-46-27-15-6-16-28-46)52(71-36-45-25-13-5-14-26-45)51(70-35-44-23-11-4-12-24-44)50(75-54)40-69-34-43-21-9-3-10-22-43/h3-32,41-42,49-54H,33-40H2,1-2H3,(H,62,66)(H,63,65)(H,64,68)/t41-,42-,49-,50+,51-,52-,53+,54+/m0/s1. The van der Waals surface area contributed by atoms with Crippen LogP contribution in [0.2, 0.25) is 0 Å². The summed E-state index contributed by atoms with van der Waals surface area (Å²) < 4.78 is 79.3. The highest BCUT2D eigenvalue weighted by atomic mass is 19.3. The van der Waals surface area contributed by atoms with E-state index in [1.54, 1.807) is 78.9 Å². The Balaban J connectivity index is 1.18. The Morgan fingerprint density at radius 2 is 0.867 bits per heavy atom. The fourth-order valence-electron chi connectivity index (χ4n) is 8.26. The van der Waals surface area contributed by atoms with Crippen LogP contribution < -0.4 is 16.0 Å². The van der Waals surface area contributed by atoms with Gasteiger partial charge in [-0.15, -0.1) is 0 Å². The third kappa shape index (κ3) is 17.4. The van der Waals surface area contributed by atoms with Gasteiger partial charge in [0.15, 0.2) is 6.10 Å². The van der Waals surface area contributed by atoms with Crippen molar-refractivity contribution in [3.8, 4) is 0 Å². The van der Waals surface area contributed by atoms with Gasteiger partial charge in [0.2, 0.25) is 11.8 Å². The second-order valence-electron chi connectivity index (χ2n) is 18.2. The molecule has 0 spiro atoms. The van der Waals surface area contributed by atoms with Crippen molar-refractivity contribution in [1.82, 2.24) is 16.0 Å². The Morgan fingerprint density at radius 3 is 1.33 bits per heavy atom. The third-order valence-corrected chi connectivity index (χ3v) is 12.3. The molecule has 1 aliphatic heterocycles. The third-order valence-electron chi connectivity index (χ3n) is 12.3. The summed E-state index contributed by atoms with van der Waals surface area (Å²) in [6.45, 7) is 2.20. The number of alkyl carbamates (subject to hydrolysis) is 1. The molecule has 0 radical (unpaired) electrons. The lowest BCUT2D eigenvalue weighted by Crippen LogP contribution is -2.66. The van der Waals surface area contributed by atoms with Crippen molar-refractivity contribution in [2.45, 2.75) is 114 Å². The first kappa shape index (κ1) is 55.4. The summed E-state index contributed by atoms with van der Waals surface area (Å²) in [5.41, 5.74) is 4.38. The molecule has 0 aliphatic carbocycles. The Morgan fingerprint density at radius 1 is 0.480 bits per heavy atom. The van der Waals surface area contributed by atoms with Crippen LogP contribution >= 0.6 is 0 Å². The molecule has 0 unspecified atom stereocenters. The number of rotatable bonds is 26. The van der Waals surface area contributed by atoms with Crippen LogP contribution in [-0.4, -0.2) is 85.1 Å². The quantitative estimate of drug-likeness (QED) is 0.0444. The fourth-order valence-corrected chi connectivity index (χ4v) is 8.26. The predicted octanol–water partition coefficient (Wildman–Crippen LogP) is 8.80. The maximum absolute atomic E-state index is 18.0. The van der Waals surface area contributed by atoms with Crippen LogP contribution in [0.1, 0.15) is 53.6 Å². The van der Waals surface area contributed by atoms with Gasteiger partial charge in [-0.2, -0.15) is 0 Å². The fraction of sp³-hybridized carbons (Fsp3) is 0.322. The van der Waals surface area contributed by atoms with Gasteiger partial charge in [-0.3, -0.25) is 9.59 Å². The van der Waals surface area contributed by atoms with Crippen molar-refractivity contribution >= 4 is 23.9 Å². The number of ether oxygens (including phenoxy) is 7. The Hall–Kier alpha value is -7.34. The van der Waals surface area contributed by atoms with E-state index in [0.29, 0.717) is 11.1 Å². The molecule has 7 rings (SSSR count). The van der Waals surface area contributed by atoms with Gasteiger partial charge in [-0.1, -0.05) is 182 Å². The van der Waals surface area contributed by atoms with Crippen LogP contribution in [0.15, 0.2) is 182 Å². The van der Waals surface area contributed by atoms with Gasteiger partial charge in [-0.25, -0.2) is 18.4 Å². The van der Waals surface area contributed by atoms with Crippen molar-refractivity contribution in [3.63, 3.8) is 0 Å². The van der Waals surface area contributed by atoms with Crippen LogP contribution in [0.3, 0.4) is 0 Å². The van der Waals surface area contributed by atoms with E-state index < -0.39 is 84.9 Å². The van der Waals surface area contributed by atoms with E-state index >= 15 is 8.78 Å². The molecule has 1 fully saturated rings. The molecule has 0 aromatic heterocycles. The van der Waals surface area contributed by atoms with Crippen molar-refractivity contribution in [2.24, 2.45) is 0 Å². The van der Waals surface area contributed by atoms with E-state index in [-0.39, 0.29) is 46.2 Å². The molecule has 1 heterocycles. The van der Waals surface area contributed by atoms with E-state index in [1.807, 2.05) is 103 Å². The molecule has 16 heteroatoms. The van der Waals surface area contributed by atoms with Gasteiger partial charge < -0.3 is 49.1 Å².